The maximum Gasteiger partial charge on any atom is 0.317 e. The van der Waals surface area contributed by atoms with E-state index in [9.17, 15) is 4.79 Å². The number of benzene rings is 1. The number of aromatic nitrogens is 3. The van der Waals surface area contributed by atoms with Gasteiger partial charge in [-0.15, -0.1) is 10.2 Å². The molecule has 2 amide bonds. The van der Waals surface area contributed by atoms with Crippen molar-refractivity contribution in [1.29, 1.82) is 0 Å². The third-order valence-corrected chi connectivity index (χ3v) is 5.25. The first-order chi connectivity index (χ1) is 12.0. The fourth-order valence-corrected chi connectivity index (χ4v) is 3.59. The van der Waals surface area contributed by atoms with E-state index < -0.39 is 0 Å². The number of hydrogen-bond donors (Lipinski definition) is 1. The molecular formula is C18H24BrN5O. The SMILES string of the molecule is CC(Cc1ccc(Br)cc1)NC(=O)N1CCC(c2nncn2C)CC1. The van der Waals surface area contributed by atoms with Crippen LogP contribution in [0.25, 0.3) is 0 Å². The number of nitrogens with one attached hydrogen (secondary N) is 1. The molecule has 2 heterocycles. The first-order valence-electron chi connectivity index (χ1n) is 8.66. The number of halogens is 1. The van der Waals surface area contributed by atoms with E-state index in [0.717, 1.165) is 42.6 Å². The van der Waals surface area contributed by atoms with Crippen LogP contribution in [-0.4, -0.2) is 44.8 Å². The van der Waals surface area contributed by atoms with Crippen LogP contribution in [0.15, 0.2) is 35.1 Å². The Morgan fingerprint density at radius 2 is 2.00 bits per heavy atom. The van der Waals surface area contributed by atoms with Gasteiger partial charge in [0.2, 0.25) is 0 Å². The highest BCUT2D eigenvalue weighted by atomic mass is 79.9. The number of urea groups is 1. The molecule has 0 bridgehead atoms. The lowest BCUT2D eigenvalue weighted by atomic mass is 9.96. The molecule has 1 atom stereocenters. The standard InChI is InChI=1S/C18H24BrN5O/c1-13(11-14-3-5-16(19)6-4-14)21-18(25)24-9-7-15(8-10-24)17-22-20-12-23(17)2/h3-6,12-13,15H,7-11H2,1-2H3,(H,21,25). The topological polar surface area (TPSA) is 63.1 Å². The maximum atomic E-state index is 12.5. The maximum absolute atomic E-state index is 12.5. The summed E-state index contributed by atoms with van der Waals surface area (Å²) in [4.78, 5) is 14.4. The lowest BCUT2D eigenvalue weighted by Gasteiger charge is -2.32. The molecule has 1 saturated heterocycles. The largest absolute Gasteiger partial charge is 0.335 e. The van der Waals surface area contributed by atoms with Crippen molar-refractivity contribution < 1.29 is 4.79 Å². The molecule has 1 fully saturated rings. The molecule has 1 aliphatic rings. The number of carbonyl (C=O) groups is 1. The summed E-state index contributed by atoms with van der Waals surface area (Å²) in [7, 11) is 1.97. The van der Waals surface area contributed by atoms with Gasteiger partial charge in [-0.05, 0) is 43.9 Å². The van der Waals surface area contributed by atoms with Gasteiger partial charge in [0.1, 0.15) is 12.2 Å². The first-order valence-corrected chi connectivity index (χ1v) is 9.46. The van der Waals surface area contributed by atoms with E-state index in [1.165, 1.54) is 5.56 Å². The molecule has 2 aromatic rings. The van der Waals surface area contributed by atoms with Crippen molar-refractivity contribution in [2.75, 3.05) is 13.1 Å². The molecule has 3 rings (SSSR count). The summed E-state index contributed by atoms with van der Waals surface area (Å²) in [6, 6.07) is 8.35. The van der Waals surface area contributed by atoms with Crippen molar-refractivity contribution in [3.05, 3.63) is 46.5 Å². The molecule has 25 heavy (non-hydrogen) atoms. The van der Waals surface area contributed by atoms with Crippen LogP contribution in [-0.2, 0) is 13.5 Å². The molecule has 0 aliphatic carbocycles. The number of rotatable bonds is 4. The van der Waals surface area contributed by atoms with Gasteiger partial charge in [-0.25, -0.2) is 4.79 Å². The third-order valence-electron chi connectivity index (χ3n) is 4.72. The van der Waals surface area contributed by atoms with Gasteiger partial charge in [0.25, 0.3) is 0 Å². The van der Waals surface area contributed by atoms with Crippen molar-refractivity contribution in [1.82, 2.24) is 25.0 Å². The van der Waals surface area contributed by atoms with Crippen LogP contribution >= 0.6 is 15.9 Å². The van der Waals surface area contributed by atoms with Crippen LogP contribution in [0, 0.1) is 0 Å². The highest BCUT2D eigenvalue weighted by Crippen LogP contribution is 2.26. The van der Waals surface area contributed by atoms with E-state index in [-0.39, 0.29) is 12.1 Å². The molecular weight excluding hydrogens is 382 g/mol. The molecule has 1 unspecified atom stereocenters. The van der Waals surface area contributed by atoms with Gasteiger partial charge in [0, 0.05) is 36.6 Å². The Morgan fingerprint density at radius 3 is 2.60 bits per heavy atom. The number of aryl methyl sites for hydroxylation is 1. The molecule has 1 aromatic carbocycles. The highest BCUT2D eigenvalue weighted by Gasteiger charge is 2.26. The van der Waals surface area contributed by atoms with Gasteiger partial charge in [-0.2, -0.15) is 0 Å². The van der Waals surface area contributed by atoms with E-state index in [0.29, 0.717) is 5.92 Å². The summed E-state index contributed by atoms with van der Waals surface area (Å²) in [6.45, 7) is 3.56. The summed E-state index contributed by atoms with van der Waals surface area (Å²) in [5.74, 6) is 1.40. The van der Waals surface area contributed by atoms with E-state index in [2.05, 4.69) is 43.6 Å². The second-order valence-corrected chi connectivity index (χ2v) is 7.66. The summed E-state index contributed by atoms with van der Waals surface area (Å²) in [5.41, 5.74) is 1.22. The van der Waals surface area contributed by atoms with Crippen LogP contribution in [0.3, 0.4) is 0 Å². The first kappa shape index (κ1) is 17.9. The van der Waals surface area contributed by atoms with Crippen LogP contribution in [0.2, 0.25) is 0 Å². The Kier molecular flexibility index (Phi) is 5.73. The summed E-state index contributed by atoms with van der Waals surface area (Å²) in [5, 5.41) is 11.3. The number of hydrogen-bond acceptors (Lipinski definition) is 3. The zero-order chi connectivity index (χ0) is 17.8. The van der Waals surface area contributed by atoms with Crippen molar-refractivity contribution >= 4 is 22.0 Å². The summed E-state index contributed by atoms with van der Waals surface area (Å²) < 4.78 is 3.04. The Balaban J connectivity index is 1.47. The Labute approximate surface area is 156 Å². The predicted molar refractivity (Wildman–Crippen MR) is 100 cm³/mol. The molecule has 0 spiro atoms. The van der Waals surface area contributed by atoms with Crippen molar-refractivity contribution in [3.8, 4) is 0 Å². The minimum atomic E-state index is 0.0287. The second kappa shape index (κ2) is 7.99. The van der Waals surface area contributed by atoms with Crippen molar-refractivity contribution in [2.45, 2.75) is 38.1 Å². The molecule has 0 radical (unpaired) electrons. The zero-order valence-electron chi connectivity index (χ0n) is 14.7. The number of carbonyl (C=O) groups excluding carboxylic acids is 1. The average molecular weight is 406 g/mol. The molecule has 6 nitrogen and oxygen atoms in total. The number of likely N-dealkylation sites (tertiary alicyclic amines) is 1. The fraction of sp³-hybridized carbons (Fsp3) is 0.500. The monoisotopic (exact) mass is 405 g/mol. The minimum Gasteiger partial charge on any atom is -0.335 e. The predicted octanol–water partition coefficient (Wildman–Crippen LogP) is 3.10. The molecule has 1 N–H and O–H groups in total. The summed E-state index contributed by atoms with van der Waals surface area (Å²) >= 11 is 3.44. The van der Waals surface area contributed by atoms with E-state index >= 15 is 0 Å². The third kappa shape index (κ3) is 4.60. The van der Waals surface area contributed by atoms with E-state index in [4.69, 9.17) is 0 Å². The van der Waals surface area contributed by atoms with Crippen molar-refractivity contribution in [3.63, 3.8) is 0 Å². The smallest absolute Gasteiger partial charge is 0.317 e. The summed E-state index contributed by atoms with van der Waals surface area (Å²) in [6.07, 6.45) is 4.43. The zero-order valence-corrected chi connectivity index (χ0v) is 16.2. The van der Waals surface area contributed by atoms with Gasteiger partial charge in [-0.1, -0.05) is 28.1 Å². The highest BCUT2D eigenvalue weighted by molar-refractivity contribution is 9.10. The fourth-order valence-electron chi connectivity index (χ4n) is 3.33. The molecule has 134 valence electrons. The Bertz CT molecular complexity index is 707. The normalized spacial score (nSPS) is 16.7. The lowest BCUT2D eigenvalue weighted by Crippen LogP contribution is -2.47. The van der Waals surface area contributed by atoms with Crippen LogP contribution in [0.4, 0.5) is 4.79 Å². The van der Waals surface area contributed by atoms with E-state index in [1.807, 2.05) is 35.6 Å². The van der Waals surface area contributed by atoms with Gasteiger partial charge < -0.3 is 14.8 Å². The molecule has 1 aromatic heterocycles. The second-order valence-electron chi connectivity index (χ2n) is 6.74. The average Bonchev–Trinajstić information content (AvgIpc) is 3.03. The minimum absolute atomic E-state index is 0.0287. The Morgan fingerprint density at radius 1 is 1.32 bits per heavy atom. The lowest BCUT2D eigenvalue weighted by molar-refractivity contribution is 0.177. The molecule has 7 heteroatoms. The number of nitrogens with zero attached hydrogens (tertiary/aromatic N) is 4. The van der Waals surface area contributed by atoms with Crippen LogP contribution in [0.1, 0.15) is 37.1 Å². The van der Waals surface area contributed by atoms with Gasteiger partial charge in [0.15, 0.2) is 0 Å². The van der Waals surface area contributed by atoms with Gasteiger partial charge >= 0.3 is 6.03 Å². The number of piperidine rings is 1. The number of amides is 2. The Hall–Kier alpha value is -1.89. The molecule has 1 aliphatic heterocycles. The van der Waals surface area contributed by atoms with Gasteiger partial charge in [0.05, 0.1) is 0 Å². The quantitative estimate of drug-likeness (QED) is 0.849. The van der Waals surface area contributed by atoms with E-state index in [1.54, 1.807) is 6.33 Å². The van der Waals surface area contributed by atoms with Gasteiger partial charge in [-0.3, -0.25) is 0 Å². The van der Waals surface area contributed by atoms with Crippen molar-refractivity contribution in [2.24, 2.45) is 7.05 Å². The van der Waals surface area contributed by atoms with Crippen LogP contribution < -0.4 is 5.32 Å². The molecule has 0 saturated carbocycles. The van der Waals surface area contributed by atoms with Crippen LogP contribution in [0.5, 0.6) is 0 Å².